The first-order valence-corrected chi connectivity index (χ1v) is 15.1. The molecule has 3 heterocycles. The van der Waals surface area contributed by atoms with E-state index in [-0.39, 0.29) is 17.1 Å². The van der Waals surface area contributed by atoms with Crippen molar-refractivity contribution in [3.63, 3.8) is 0 Å². The molecule has 3 aromatic rings. The summed E-state index contributed by atoms with van der Waals surface area (Å²) in [5.41, 5.74) is 0. The molecular formula is C18H21Cl2MnN7O8S3. The Morgan fingerprint density at radius 3 is 1.05 bits per heavy atom. The third-order valence-electron chi connectivity index (χ3n) is 3.60. The van der Waals surface area contributed by atoms with Crippen LogP contribution in [0.1, 0.15) is 15.0 Å². The first kappa shape index (κ1) is 37.6. The quantitative estimate of drug-likeness (QED) is 0.127. The van der Waals surface area contributed by atoms with Gasteiger partial charge in [0.25, 0.3) is 0 Å². The van der Waals surface area contributed by atoms with E-state index in [1.165, 1.54) is 0 Å². The van der Waals surface area contributed by atoms with E-state index < -0.39 is 20.5 Å². The number of nitrogens with zero attached hydrogens (tertiary/aromatic N) is 7. The van der Waals surface area contributed by atoms with E-state index in [1.807, 2.05) is 34.8 Å². The van der Waals surface area contributed by atoms with Crippen LogP contribution in [0, 0.1) is 20.5 Å². The van der Waals surface area contributed by atoms with Crippen LogP contribution in [0.5, 0.6) is 0 Å². The van der Waals surface area contributed by atoms with Gasteiger partial charge in [-0.25, -0.2) is 52.2 Å². The standard InChI is InChI=1S/C18H21N7S3.2ClHO4.Mn/c1(19-13-16-22-4-10-26-16)7-25(8-2-20-14-17-23-5-11-27-17)9-3-21-15-18-24-6-12-28-18;2*2-1(3,4)5;/h4-6,10-15H,1-3,7-9H2;2*(H,2,3,4,5);/q;;;+2/p-2. The van der Waals surface area contributed by atoms with Crippen LogP contribution in [0.15, 0.2) is 49.7 Å². The third kappa shape index (κ3) is 26.6. The largest absolute Gasteiger partial charge is 2.00 e. The van der Waals surface area contributed by atoms with Crippen molar-refractivity contribution in [1.82, 2.24) is 19.9 Å². The molecule has 0 spiro atoms. The molecule has 0 fully saturated rings. The molecule has 0 aliphatic carbocycles. The maximum absolute atomic E-state index is 8.49. The second-order valence-electron chi connectivity index (χ2n) is 6.31. The van der Waals surface area contributed by atoms with Gasteiger partial charge in [0, 0.05) is 54.4 Å². The molecule has 0 saturated carbocycles. The van der Waals surface area contributed by atoms with Gasteiger partial charge in [-0.05, 0) is 0 Å². The SMILES string of the molecule is C(=NCCN(CCN=Cc1nccs1)CCN=Cc1nccs1)c1nccs1.[Mn+2].[O-][Cl+3]([O-])([O-])[O-].[O-][Cl+3]([O-])([O-])[O-]. The van der Waals surface area contributed by atoms with E-state index in [2.05, 4.69) is 34.8 Å². The van der Waals surface area contributed by atoms with Gasteiger partial charge in [-0.2, -0.15) is 0 Å². The molecule has 3 rings (SSSR count). The van der Waals surface area contributed by atoms with Gasteiger partial charge in [0.15, 0.2) is 0 Å². The van der Waals surface area contributed by atoms with Crippen LogP contribution in [-0.2, 0) is 17.1 Å². The number of halogens is 2. The van der Waals surface area contributed by atoms with Crippen LogP contribution in [0.2, 0.25) is 0 Å². The van der Waals surface area contributed by atoms with Crippen LogP contribution in [0.25, 0.3) is 0 Å². The average Bonchev–Trinajstić information content (AvgIpc) is 3.58. The van der Waals surface area contributed by atoms with E-state index in [4.69, 9.17) is 37.3 Å². The number of rotatable bonds is 12. The van der Waals surface area contributed by atoms with Crippen molar-refractivity contribution in [2.45, 2.75) is 0 Å². The molecule has 0 saturated heterocycles. The van der Waals surface area contributed by atoms with Crippen molar-refractivity contribution in [1.29, 1.82) is 0 Å². The van der Waals surface area contributed by atoms with E-state index in [0.29, 0.717) is 0 Å². The average molecular weight is 685 g/mol. The zero-order valence-corrected chi connectivity index (χ0v) is 24.8. The monoisotopic (exact) mass is 684 g/mol. The summed E-state index contributed by atoms with van der Waals surface area (Å²) in [7, 11) is -9.89. The molecule has 215 valence electrons. The molecule has 21 heteroatoms. The fourth-order valence-corrected chi connectivity index (χ4v) is 3.81. The van der Waals surface area contributed by atoms with E-state index in [9.17, 15) is 0 Å². The normalized spacial score (nSPS) is 11.9. The Morgan fingerprint density at radius 1 is 0.590 bits per heavy atom. The summed E-state index contributed by atoms with van der Waals surface area (Å²) >= 11 is 4.77. The summed E-state index contributed by atoms with van der Waals surface area (Å²) in [4.78, 5) is 28.4. The first-order chi connectivity index (χ1) is 17.9. The molecule has 0 bridgehead atoms. The Balaban J connectivity index is 0.00000113. The molecule has 0 aromatic carbocycles. The van der Waals surface area contributed by atoms with Crippen molar-refractivity contribution in [3.8, 4) is 0 Å². The van der Waals surface area contributed by atoms with E-state index in [1.54, 1.807) is 52.6 Å². The molecule has 0 amide bonds. The summed E-state index contributed by atoms with van der Waals surface area (Å²) in [6.07, 6.45) is 10.9. The van der Waals surface area contributed by atoms with Gasteiger partial charge >= 0.3 is 17.1 Å². The fraction of sp³-hybridized carbons (Fsp3) is 0.333. The van der Waals surface area contributed by atoms with Crippen LogP contribution in [-0.4, -0.2) is 77.8 Å². The maximum Gasteiger partial charge on any atom is 2.00 e. The maximum atomic E-state index is 8.49. The Labute approximate surface area is 250 Å². The van der Waals surface area contributed by atoms with Crippen molar-refractivity contribution in [2.75, 3.05) is 39.3 Å². The smallest absolute Gasteiger partial charge is 0.298 e. The van der Waals surface area contributed by atoms with Gasteiger partial charge in [-0.3, -0.25) is 19.9 Å². The second-order valence-corrected chi connectivity index (χ2v) is 10.6. The molecule has 0 aliphatic rings. The Morgan fingerprint density at radius 2 is 0.846 bits per heavy atom. The van der Waals surface area contributed by atoms with Crippen LogP contribution in [0.3, 0.4) is 0 Å². The number of hydrogen-bond acceptors (Lipinski definition) is 18. The van der Waals surface area contributed by atoms with Gasteiger partial charge in [0.1, 0.15) is 15.0 Å². The van der Waals surface area contributed by atoms with Gasteiger partial charge in [-0.1, -0.05) is 0 Å². The Kier molecular flexibility index (Phi) is 20.6. The van der Waals surface area contributed by atoms with Gasteiger partial charge in [0.05, 0.1) is 38.3 Å². The topological polar surface area (TPSA) is 263 Å². The molecule has 1 radical (unpaired) electrons. The van der Waals surface area contributed by atoms with E-state index >= 15 is 0 Å². The van der Waals surface area contributed by atoms with Crippen LogP contribution < -0.4 is 37.3 Å². The minimum Gasteiger partial charge on any atom is -0.298 e. The molecule has 15 nitrogen and oxygen atoms in total. The Bertz CT molecular complexity index is 913. The van der Waals surface area contributed by atoms with Crippen LogP contribution >= 0.6 is 34.0 Å². The van der Waals surface area contributed by atoms with Crippen molar-refractivity contribution < 1.29 is 74.8 Å². The molecule has 0 N–H and O–H groups in total. The minimum absolute atomic E-state index is 0. The molecule has 0 unspecified atom stereocenters. The minimum atomic E-state index is -4.94. The fourth-order valence-electron chi connectivity index (χ4n) is 2.26. The van der Waals surface area contributed by atoms with Gasteiger partial charge in [-0.15, -0.1) is 54.5 Å². The summed E-state index contributed by atoms with van der Waals surface area (Å²) in [5.74, 6) is 0. The predicted octanol–water partition coefficient (Wildman–Crippen LogP) is -6.50. The molecule has 0 aliphatic heterocycles. The predicted molar refractivity (Wildman–Crippen MR) is 120 cm³/mol. The van der Waals surface area contributed by atoms with Crippen LogP contribution in [0.4, 0.5) is 0 Å². The summed E-state index contributed by atoms with van der Waals surface area (Å²) in [6, 6.07) is 0. The summed E-state index contributed by atoms with van der Waals surface area (Å²) < 4.78 is 67.9. The molecular weight excluding hydrogens is 664 g/mol. The zero-order chi connectivity index (χ0) is 28.3. The van der Waals surface area contributed by atoms with E-state index in [0.717, 1.165) is 54.3 Å². The summed E-state index contributed by atoms with van der Waals surface area (Å²) in [5, 5.41) is 8.67. The Hall–Kier alpha value is -1.36. The number of hydrogen-bond donors (Lipinski definition) is 0. The summed E-state index contributed by atoms with van der Waals surface area (Å²) in [6.45, 7) is 4.77. The number of thiazole rings is 3. The zero-order valence-electron chi connectivity index (χ0n) is 19.7. The van der Waals surface area contributed by atoms with Crippen molar-refractivity contribution in [2.24, 2.45) is 15.0 Å². The van der Waals surface area contributed by atoms with Gasteiger partial charge in [0.2, 0.25) is 0 Å². The van der Waals surface area contributed by atoms with Crippen molar-refractivity contribution in [3.05, 3.63) is 49.8 Å². The number of aromatic nitrogens is 3. The number of aliphatic imine (C=N–C) groups is 3. The second kappa shape index (κ2) is 21.4. The third-order valence-corrected chi connectivity index (χ3v) is 5.73. The van der Waals surface area contributed by atoms with Gasteiger partial charge < -0.3 is 0 Å². The molecule has 39 heavy (non-hydrogen) atoms. The first-order valence-electron chi connectivity index (χ1n) is 10.0. The van der Waals surface area contributed by atoms with Crippen molar-refractivity contribution >= 4 is 52.7 Å². The molecule has 3 aromatic heterocycles. The molecule has 0 atom stereocenters.